The Kier molecular flexibility index (Phi) is 2.79. The van der Waals surface area contributed by atoms with E-state index in [4.69, 9.17) is 10.5 Å². The number of nitrogen functional groups attached to an aromatic ring is 1. The van der Waals surface area contributed by atoms with Gasteiger partial charge in [-0.05, 0) is 18.2 Å². The zero-order chi connectivity index (χ0) is 14.1. The summed E-state index contributed by atoms with van der Waals surface area (Å²) in [5, 5.41) is 4.62. The van der Waals surface area contributed by atoms with Gasteiger partial charge in [0.05, 0.1) is 18.2 Å². The summed E-state index contributed by atoms with van der Waals surface area (Å²) >= 11 is 0. The predicted octanol–water partition coefficient (Wildman–Crippen LogP) is 1.11. The van der Waals surface area contributed by atoms with E-state index in [1.165, 1.54) is 12.5 Å². The highest BCUT2D eigenvalue weighted by Gasteiger charge is 2.11. The van der Waals surface area contributed by atoms with Crippen molar-refractivity contribution in [3.63, 3.8) is 0 Å². The Hall–Kier alpha value is -2.96. The maximum absolute atomic E-state index is 12.2. The minimum atomic E-state index is -0.334. The second kappa shape index (κ2) is 4.61. The molecule has 2 heterocycles. The van der Waals surface area contributed by atoms with E-state index in [0.29, 0.717) is 11.3 Å². The van der Waals surface area contributed by atoms with E-state index in [0.717, 1.165) is 15.6 Å². The molecule has 0 fully saturated rings. The van der Waals surface area contributed by atoms with Gasteiger partial charge in [0.2, 0.25) is 5.95 Å². The largest absolute Gasteiger partial charge is 0.497 e. The number of carbonyl (C=O) groups is 1. The molecule has 7 nitrogen and oxygen atoms in total. The van der Waals surface area contributed by atoms with Crippen LogP contribution >= 0.6 is 0 Å². The second-order valence-electron chi connectivity index (χ2n) is 4.14. The zero-order valence-corrected chi connectivity index (χ0v) is 10.6. The van der Waals surface area contributed by atoms with Crippen LogP contribution in [0.3, 0.4) is 0 Å². The molecule has 0 spiro atoms. The van der Waals surface area contributed by atoms with Gasteiger partial charge in [0, 0.05) is 17.6 Å². The average molecular weight is 269 g/mol. The monoisotopic (exact) mass is 269 g/mol. The normalized spacial score (nSPS) is 10.7. The number of anilines is 1. The lowest BCUT2D eigenvalue weighted by Crippen LogP contribution is -2.13. The molecule has 0 aliphatic carbocycles. The van der Waals surface area contributed by atoms with E-state index in [-0.39, 0.29) is 11.9 Å². The third kappa shape index (κ3) is 2.05. The number of carbonyl (C=O) groups excluding carboxylic acids is 1. The number of nitrogens with zero attached hydrogens (tertiary/aromatic N) is 4. The number of rotatable bonds is 2. The standard InChI is InChI=1S/C13H11N5O2/c1-20-10-3-2-8-4-9(6-15-11(8)5-10)12(19)18-7-16-13(14)17-18/h2-7H,1H3,(H2,14,17). The van der Waals surface area contributed by atoms with E-state index < -0.39 is 0 Å². The van der Waals surface area contributed by atoms with Crippen molar-refractivity contribution < 1.29 is 9.53 Å². The third-order valence-electron chi connectivity index (χ3n) is 2.86. The number of ether oxygens (including phenoxy) is 1. The van der Waals surface area contributed by atoms with E-state index in [1.807, 2.05) is 12.1 Å². The highest BCUT2D eigenvalue weighted by molar-refractivity contribution is 5.98. The maximum atomic E-state index is 12.2. The Bertz CT molecular complexity index is 796. The van der Waals surface area contributed by atoms with Gasteiger partial charge in [-0.1, -0.05) is 0 Å². The minimum absolute atomic E-state index is 0.0526. The Labute approximate surface area is 114 Å². The summed E-state index contributed by atoms with van der Waals surface area (Å²) in [5.41, 5.74) is 6.55. The van der Waals surface area contributed by atoms with Crippen LogP contribution in [-0.4, -0.2) is 32.8 Å². The Morgan fingerprint density at radius 3 is 2.85 bits per heavy atom. The number of methoxy groups -OCH3 is 1. The molecule has 0 saturated heterocycles. The fourth-order valence-corrected chi connectivity index (χ4v) is 1.85. The number of hydrogen-bond donors (Lipinski definition) is 1. The average Bonchev–Trinajstić information content (AvgIpc) is 2.92. The Morgan fingerprint density at radius 2 is 2.15 bits per heavy atom. The molecule has 1 aromatic carbocycles. The molecule has 100 valence electrons. The predicted molar refractivity (Wildman–Crippen MR) is 72.5 cm³/mol. The van der Waals surface area contributed by atoms with Gasteiger partial charge in [-0.2, -0.15) is 4.68 Å². The number of hydrogen-bond acceptors (Lipinski definition) is 6. The summed E-state index contributed by atoms with van der Waals surface area (Å²) in [5.74, 6) is 0.435. The van der Waals surface area contributed by atoms with Crippen LogP contribution in [0.1, 0.15) is 10.4 Å². The van der Waals surface area contributed by atoms with Gasteiger partial charge in [0.15, 0.2) is 0 Å². The summed E-state index contributed by atoms with van der Waals surface area (Å²) in [6, 6.07) is 7.19. The van der Waals surface area contributed by atoms with Gasteiger partial charge >= 0.3 is 0 Å². The number of benzene rings is 1. The summed E-state index contributed by atoms with van der Waals surface area (Å²) in [6.45, 7) is 0. The highest BCUT2D eigenvalue weighted by atomic mass is 16.5. The van der Waals surface area contributed by atoms with Crippen molar-refractivity contribution in [2.45, 2.75) is 0 Å². The van der Waals surface area contributed by atoms with E-state index in [1.54, 1.807) is 19.2 Å². The summed E-state index contributed by atoms with van der Waals surface area (Å²) in [4.78, 5) is 20.1. The van der Waals surface area contributed by atoms with E-state index >= 15 is 0 Å². The van der Waals surface area contributed by atoms with Crippen LogP contribution < -0.4 is 10.5 Å². The molecule has 0 atom stereocenters. The molecule has 0 aliphatic rings. The van der Waals surface area contributed by atoms with Crippen LogP contribution in [-0.2, 0) is 0 Å². The molecule has 2 aromatic heterocycles. The van der Waals surface area contributed by atoms with Crippen LogP contribution in [0, 0.1) is 0 Å². The van der Waals surface area contributed by atoms with Crippen molar-refractivity contribution in [2.75, 3.05) is 12.8 Å². The van der Waals surface area contributed by atoms with E-state index in [2.05, 4.69) is 15.1 Å². The van der Waals surface area contributed by atoms with Gasteiger partial charge < -0.3 is 10.5 Å². The first kappa shape index (κ1) is 12.1. The fraction of sp³-hybridized carbons (Fsp3) is 0.0769. The molecule has 0 saturated carbocycles. The molecule has 3 aromatic rings. The summed E-state index contributed by atoms with van der Waals surface area (Å²) in [7, 11) is 1.59. The van der Waals surface area contributed by atoms with Crippen molar-refractivity contribution in [1.29, 1.82) is 0 Å². The number of aromatic nitrogens is 4. The Morgan fingerprint density at radius 1 is 1.30 bits per heavy atom. The number of pyridine rings is 1. The van der Waals surface area contributed by atoms with Crippen LogP contribution in [0.4, 0.5) is 5.95 Å². The van der Waals surface area contributed by atoms with Gasteiger partial charge in [-0.25, -0.2) is 4.98 Å². The lowest BCUT2D eigenvalue weighted by Gasteiger charge is -2.04. The van der Waals surface area contributed by atoms with Crippen molar-refractivity contribution in [3.8, 4) is 5.75 Å². The Balaban J connectivity index is 2.02. The maximum Gasteiger partial charge on any atom is 0.281 e. The molecule has 0 bridgehead atoms. The highest BCUT2D eigenvalue weighted by Crippen LogP contribution is 2.20. The third-order valence-corrected chi connectivity index (χ3v) is 2.86. The molecule has 7 heteroatoms. The van der Waals surface area contributed by atoms with Crippen LogP contribution in [0.15, 0.2) is 36.8 Å². The first-order valence-corrected chi connectivity index (χ1v) is 5.83. The van der Waals surface area contributed by atoms with Crippen molar-refractivity contribution in [1.82, 2.24) is 19.7 Å². The van der Waals surface area contributed by atoms with Crippen molar-refractivity contribution in [3.05, 3.63) is 42.4 Å². The molecule has 20 heavy (non-hydrogen) atoms. The van der Waals surface area contributed by atoms with Gasteiger partial charge in [-0.15, -0.1) is 5.10 Å². The first-order valence-electron chi connectivity index (χ1n) is 5.83. The molecule has 0 radical (unpaired) electrons. The van der Waals surface area contributed by atoms with Gasteiger partial charge in [0.25, 0.3) is 5.91 Å². The molecule has 0 unspecified atom stereocenters. The van der Waals surface area contributed by atoms with Crippen LogP contribution in [0.2, 0.25) is 0 Å². The lowest BCUT2D eigenvalue weighted by atomic mass is 10.1. The molecule has 2 N–H and O–H groups in total. The SMILES string of the molecule is COc1ccc2cc(C(=O)n3cnc(N)n3)cnc2c1. The zero-order valence-electron chi connectivity index (χ0n) is 10.6. The summed E-state index contributed by atoms with van der Waals surface area (Å²) < 4.78 is 6.21. The number of fused-ring (bicyclic) bond motifs is 1. The molecular weight excluding hydrogens is 258 g/mol. The lowest BCUT2D eigenvalue weighted by molar-refractivity contribution is 0.0945. The summed E-state index contributed by atoms with van der Waals surface area (Å²) in [6.07, 6.45) is 2.76. The topological polar surface area (TPSA) is 95.9 Å². The van der Waals surface area contributed by atoms with E-state index in [9.17, 15) is 4.79 Å². The molecule has 0 amide bonds. The molecule has 3 rings (SSSR count). The van der Waals surface area contributed by atoms with Gasteiger partial charge in [-0.3, -0.25) is 9.78 Å². The molecule has 0 aliphatic heterocycles. The van der Waals surface area contributed by atoms with Crippen molar-refractivity contribution in [2.24, 2.45) is 0 Å². The smallest absolute Gasteiger partial charge is 0.281 e. The van der Waals surface area contributed by atoms with Crippen LogP contribution in [0.5, 0.6) is 5.75 Å². The van der Waals surface area contributed by atoms with Crippen molar-refractivity contribution >= 4 is 22.8 Å². The quantitative estimate of drug-likeness (QED) is 0.748. The van der Waals surface area contributed by atoms with Crippen LogP contribution in [0.25, 0.3) is 10.9 Å². The van der Waals surface area contributed by atoms with Gasteiger partial charge in [0.1, 0.15) is 12.1 Å². The number of nitrogens with two attached hydrogens (primary N) is 1. The second-order valence-corrected chi connectivity index (χ2v) is 4.14. The fourth-order valence-electron chi connectivity index (χ4n) is 1.85. The minimum Gasteiger partial charge on any atom is -0.497 e. The first-order chi connectivity index (χ1) is 9.67. The molecular formula is C13H11N5O2.